The Kier molecular flexibility index (Phi) is 4.98. The highest BCUT2D eigenvalue weighted by atomic mass is 16.5. The van der Waals surface area contributed by atoms with Crippen LogP contribution in [0.2, 0.25) is 0 Å². The van der Waals surface area contributed by atoms with E-state index in [0.29, 0.717) is 30.6 Å². The Morgan fingerprint density at radius 2 is 1.96 bits per heavy atom. The van der Waals surface area contributed by atoms with Crippen LogP contribution in [0.1, 0.15) is 11.3 Å². The quantitative estimate of drug-likeness (QED) is 0.751. The number of hydrogen-bond donors (Lipinski definition) is 1. The highest BCUT2D eigenvalue weighted by Crippen LogP contribution is 2.25. The molecule has 6 nitrogen and oxygen atoms in total. The first-order valence-corrected chi connectivity index (χ1v) is 7.50. The number of nitrogens with two attached hydrogens (primary N) is 1. The molecular formula is C18H18N4O2. The second-order valence-corrected chi connectivity index (χ2v) is 5.19. The maximum absolute atomic E-state index is 6.05. The topological polar surface area (TPSA) is 83.2 Å². The van der Waals surface area contributed by atoms with E-state index < -0.39 is 0 Å². The molecule has 0 unspecified atom stereocenters. The van der Waals surface area contributed by atoms with Crippen molar-refractivity contribution in [3.8, 4) is 17.1 Å². The molecule has 0 saturated heterocycles. The summed E-state index contributed by atoms with van der Waals surface area (Å²) in [6.45, 7) is 0.851. The number of aromatic nitrogens is 3. The van der Waals surface area contributed by atoms with Gasteiger partial charge < -0.3 is 15.2 Å². The summed E-state index contributed by atoms with van der Waals surface area (Å²) in [5, 5.41) is 0. The molecule has 0 atom stereocenters. The Balaban J connectivity index is 1.76. The normalized spacial score (nSPS) is 10.5. The van der Waals surface area contributed by atoms with Gasteiger partial charge in [0.1, 0.15) is 12.3 Å². The molecule has 0 bridgehead atoms. The van der Waals surface area contributed by atoms with E-state index in [2.05, 4.69) is 15.0 Å². The summed E-state index contributed by atoms with van der Waals surface area (Å²) in [5.74, 6) is 0.693. The summed E-state index contributed by atoms with van der Waals surface area (Å²) in [7, 11) is 1.66. The smallest absolute Gasteiger partial charge is 0.234 e. The van der Waals surface area contributed by atoms with Gasteiger partial charge in [-0.3, -0.25) is 4.98 Å². The fraction of sp³-hybridized carbons (Fsp3) is 0.167. The molecule has 2 heterocycles. The maximum Gasteiger partial charge on any atom is 0.234 e. The van der Waals surface area contributed by atoms with Crippen LogP contribution in [0.25, 0.3) is 11.3 Å². The number of nitrogens with zero attached hydrogens (tertiary/aromatic N) is 3. The molecule has 122 valence electrons. The van der Waals surface area contributed by atoms with Crippen LogP contribution < -0.4 is 10.5 Å². The van der Waals surface area contributed by atoms with Gasteiger partial charge in [0.15, 0.2) is 5.82 Å². The third-order valence-corrected chi connectivity index (χ3v) is 3.38. The maximum atomic E-state index is 6.05. The Bertz CT molecular complexity index is 809. The monoisotopic (exact) mass is 322 g/mol. The number of methoxy groups -OCH3 is 1. The number of anilines is 1. The number of ether oxygens (including phenoxy) is 2. The fourth-order valence-electron chi connectivity index (χ4n) is 2.28. The van der Waals surface area contributed by atoms with Gasteiger partial charge in [-0.15, -0.1) is 0 Å². The molecule has 0 spiro atoms. The van der Waals surface area contributed by atoms with Gasteiger partial charge in [0.25, 0.3) is 0 Å². The van der Waals surface area contributed by atoms with Crippen LogP contribution in [-0.4, -0.2) is 22.1 Å². The molecular weight excluding hydrogens is 304 g/mol. The fourth-order valence-corrected chi connectivity index (χ4v) is 2.28. The van der Waals surface area contributed by atoms with Crippen molar-refractivity contribution >= 4 is 5.82 Å². The number of benzene rings is 1. The molecule has 1 aromatic carbocycles. The van der Waals surface area contributed by atoms with E-state index in [1.807, 2.05) is 42.5 Å². The summed E-state index contributed by atoms with van der Waals surface area (Å²) in [5.41, 5.74) is 9.43. The average molecular weight is 322 g/mol. The zero-order valence-corrected chi connectivity index (χ0v) is 13.3. The molecule has 0 aliphatic carbocycles. The first-order valence-electron chi connectivity index (χ1n) is 7.50. The van der Waals surface area contributed by atoms with E-state index in [0.717, 1.165) is 16.8 Å². The molecule has 3 rings (SSSR count). The molecule has 2 N–H and O–H groups in total. The molecule has 3 aromatic rings. The van der Waals surface area contributed by atoms with Gasteiger partial charge in [0, 0.05) is 18.9 Å². The largest absolute Gasteiger partial charge is 0.470 e. The molecule has 0 saturated carbocycles. The van der Waals surface area contributed by atoms with E-state index in [4.69, 9.17) is 15.2 Å². The second-order valence-electron chi connectivity index (χ2n) is 5.19. The SMILES string of the molecule is COCc1cccc(-c2ncc(OCc3ccccn3)nc2N)c1. The van der Waals surface area contributed by atoms with Crippen LogP contribution in [0, 0.1) is 0 Å². The van der Waals surface area contributed by atoms with Crippen molar-refractivity contribution in [2.24, 2.45) is 0 Å². The average Bonchev–Trinajstić information content (AvgIpc) is 2.61. The Hall–Kier alpha value is -2.99. The third kappa shape index (κ3) is 3.85. The lowest BCUT2D eigenvalue weighted by atomic mass is 10.1. The van der Waals surface area contributed by atoms with E-state index in [9.17, 15) is 0 Å². The highest BCUT2D eigenvalue weighted by Gasteiger charge is 2.09. The van der Waals surface area contributed by atoms with Gasteiger partial charge in [0.05, 0.1) is 18.5 Å². The summed E-state index contributed by atoms with van der Waals surface area (Å²) in [6, 6.07) is 13.5. The van der Waals surface area contributed by atoms with Gasteiger partial charge in [-0.1, -0.05) is 24.3 Å². The van der Waals surface area contributed by atoms with Crippen molar-refractivity contribution in [3.05, 3.63) is 66.1 Å². The van der Waals surface area contributed by atoms with Crippen LogP contribution >= 0.6 is 0 Å². The molecule has 0 aliphatic heterocycles. The van der Waals surface area contributed by atoms with Crippen molar-refractivity contribution in [2.45, 2.75) is 13.2 Å². The molecule has 0 radical (unpaired) electrons. The summed E-state index contributed by atoms with van der Waals surface area (Å²) >= 11 is 0. The third-order valence-electron chi connectivity index (χ3n) is 3.38. The van der Waals surface area contributed by atoms with Gasteiger partial charge >= 0.3 is 0 Å². The minimum Gasteiger partial charge on any atom is -0.470 e. The minimum atomic E-state index is 0.317. The molecule has 0 fully saturated rings. The van der Waals surface area contributed by atoms with Crippen LogP contribution in [0.5, 0.6) is 5.88 Å². The van der Waals surface area contributed by atoms with Crippen molar-refractivity contribution in [2.75, 3.05) is 12.8 Å². The molecule has 0 amide bonds. The molecule has 2 aromatic heterocycles. The molecule has 6 heteroatoms. The van der Waals surface area contributed by atoms with Crippen molar-refractivity contribution in [1.29, 1.82) is 0 Å². The van der Waals surface area contributed by atoms with E-state index >= 15 is 0 Å². The van der Waals surface area contributed by atoms with Gasteiger partial charge in [-0.2, -0.15) is 4.98 Å². The first-order chi connectivity index (χ1) is 11.8. The predicted molar refractivity (Wildman–Crippen MR) is 91.2 cm³/mol. The van der Waals surface area contributed by atoms with E-state index in [-0.39, 0.29) is 0 Å². The predicted octanol–water partition coefficient (Wildman–Crippen LogP) is 2.85. The van der Waals surface area contributed by atoms with Crippen LogP contribution in [0.15, 0.2) is 54.9 Å². The van der Waals surface area contributed by atoms with Gasteiger partial charge in [-0.05, 0) is 23.8 Å². The lowest BCUT2D eigenvalue weighted by molar-refractivity contribution is 0.185. The Labute approximate surface area is 140 Å². The first kappa shape index (κ1) is 15.9. The lowest BCUT2D eigenvalue weighted by Gasteiger charge is -2.09. The summed E-state index contributed by atoms with van der Waals surface area (Å²) in [6.07, 6.45) is 3.28. The van der Waals surface area contributed by atoms with Crippen molar-refractivity contribution in [3.63, 3.8) is 0 Å². The van der Waals surface area contributed by atoms with Crippen molar-refractivity contribution in [1.82, 2.24) is 15.0 Å². The second kappa shape index (κ2) is 7.52. The Morgan fingerprint density at radius 1 is 1.04 bits per heavy atom. The van der Waals surface area contributed by atoms with Crippen molar-refractivity contribution < 1.29 is 9.47 Å². The summed E-state index contributed by atoms with van der Waals surface area (Å²) < 4.78 is 10.7. The van der Waals surface area contributed by atoms with Gasteiger partial charge in [-0.25, -0.2) is 4.98 Å². The Morgan fingerprint density at radius 3 is 2.71 bits per heavy atom. The molecule has 0 aliphatic rings. The van der Waals surface area contributed by atoms with Crippen LogP contribution in [0.4, 0.5) is 5.82 Å². The lowest BCUT2D eigenvalue weighted by Crippen LogP contribution is -2.03. The number of nitrogen functional groups attached to an aromatic ring is 1. The molecule has 24 heavy (non-hydrogen) atoms. The number of hydrogen-bond acceptors (Lipinski definition) is 6. The van der Waals surface area contributed by atoms with Crippen LogP contribution in [0.3, 0.4) is 0 Å². The van der Waals surface area contributed by atoms with E-state index in [1.54, 1.807) is 19.5 Å². The highest BCUT2D eigenvalue weighted by molar-refractivity contribution is 5.70. The number of rotatable bonds is 6. The number of pyridine rings is 1. The zero-order valence-electron chi connectivity index (χ0n) is 13.3. The van der Waals surface area contributed by atoms with E-state index in [1.165, 1.54) is 0 Å². The minimum absolute atomic E-state index is 0.317. The van der Waals surface area contributed by atoms with Gasteiger partial charge in [0.2, 0.25) is 5.88 Å². The standard InChI is InChI=1S/C18H18N4O2/c1-23-11-13-5-4-6-14(9-13)17-18(19)22-16(10-21-17)24-12-15-7-2-3-8-20-15/h2-10H,11-12H2,1H3,(H2,19,22). The zero-order chi connectivity index (χ0) is 16.8. The summed E-state index contributed by atoms with van der Waals surface area (Å²) in [4.78, 5) is 12.9. The van der Waals surface area contributed by atoms with Crippen LogP contribution in [-0.2, 0) is 18.0 Å².